The van der Waals surface area contributed by atoms with Crippen LogP contribution in [0.3, 0.4) is 0 Å². The van der Waals surface area contributed by atoms with Gasteiger partial charge in [0.25, 0.3) is 0 Å². The summed E-state index contributed by atoms with van der Waals surface area (Å²) in [5, 5.41) is 6.27. The van der Waals surface area contributed by atoms with Crippen LogP contribution in [-0.2, 0) is 23.3 Å². The van der Waals surface area contributed by atoms with E-state index in [4.69, 9.17) is 10.5 Å². The van der Waals surface area contributed by atoms with E-state index in [-0.39, 0.29) is 5.41 Å². The number of methoxy groups -OCH3 is 1. The fraction of sp³-hybridized carbons (Fsp3) is 0.412. The van der Waals surface area contributed by atoms with Crippen molar-refractivity contribution in [1.29, 1.82) is 0 Å². The Balaban J connectivity index is 2.02. The molecule has 1 aromatic heterocycles. The van der Waals surface area contributed by atoms with Gasteiger partial charge in [0.1, 0.15) is 0 Å². The number of guanidine groups is 1. The summed E-state index contributed by atoms with van der Waals surface area (Å²) in [5.41, 5.74) is 8.94. The normalized spacial score (nSPS) is 12.4. The van der Waals surface area contributed by atoms with Crippen LogP contribution in [0.2, 0.25) is 0 Å². The molecule has 0 radical (unpaired) electrons. The lowest BCUT2D eigenvalue weighted by Crippen LogP contribution is -2.23. The van der Waals surface area contributed by atoms with Crippen LogP contribution < -0.4 is 11.1 Å². The Hall–Kier alpha value is -1.92. The number of nitrogens with two attached hydrogens (primary N) is 1. The Labute approximate surface area is 141 Å². The van der Waals surface area contributed by atoms with Crippen molar-refractivity contribution in [1.82, 2.24) is 4.98 Å². The quantitative estimate of drug-likeness (QED) is 0.649. The number of rotatable bonds is 5. The number of hydrogen-bond acceptors (Lipinski definition) is 4. The van der Waals surface area contributed by atoms with Crippen LogP contribution in [0.1, 0.15) is 37.0 Å². The summed E-state index contributed by atoms with van der Waals surface area (Å²) in [6.07, 6.45) is 0. The molecule has 23 heavy (non-hydrogen) atoms. The van der Waals surface area contributed by atoms with Gasteiger partial charge in [0.2, 0.25) is 0 Å². The molecule has 1 heterocycles. The van der Waals surface area contributed by atoms with Crippen LogP contribution in [0.4, 0.5) is 5.69 Å². The average Bonchev–Trinajstić information content (AvgIpc) is 2.96. The average molecular weight is 332 g/mol. The van der Waals surface area contributed by atoms with Crippen molar-refractivity contribution in [3.05, 3.63) is 45.9 Å². The zero-order valence-corrected chi connectivity index (χ0v) is 14.9. The summed E-state index contributed by atoms with van der Waals surface area (Å²) in [6.45, 7) is 7.46. The molecular weight excluding hydrogens is 308 g/mol. The van der Waals surface area contributed by atoms with Crippen LogP contribution in [0.5, 0.6) is 0 Å². The zero-order valence-electron chi connectivity index (χ0n) is 14.1. The summed E-state index contributed by atoms with van der Waals surface area (Å²) in [5.74, 6) is 0.374. The van der Waals surface area contributed by atoms with Gasteiger partial charge < -0.3 is 15.8 Å². The largest absolute Gasteiger partial charge is 0.380 e. The Morgan fingerprint density at radius 1 is 1.35 bits per heavy atom. The predicted octanol–water partition coefficient (Wildman–Crippen LogP) is 3.51. The number of aliphatic imine (C=N–C) groups is 1. The molecule has 2 aromatic rings. The number of ether oxygens (including phenoxy) is 1. The molecule has 0 aliphatic heterocycles. The van der Waals surface area contributed by atoms with Crippen LogP contribution in [-0.4, -0.2) is 18.1 Å². The lowest BCUT2D eigenvalue weighted by molar-refractivity contribution is 0.185. The van der Waals surface area contributed by atoms with Crippen molar-refractivity contribution in [2.24, 2.45) is 10.7 Å². The Bertz CT molecular complexity index is 673. The third-order valence-corrected chi connectivity index (χ3v) is 4.50. The molecule has 0 spiro atoms. The summed E-state index contributed by atoms with van der Waals surface area (Å²) >= 11 is 1.66. The van der Waals surface area contributed by atoms with E-state index in [9.17, 15) is 0 Å². The van der Waals surface area contributed by atoms with Gasteiger partial charge in [-0.2, -0.15) is 0 Å². The van der Waals surface area contributed by atoms with Crippen molar-refractivity contribution in [3.63, 3.8) is 0 Å². The van der Waals surface area contributed by atoms with E-state index in [1.807, 2.05) is 29.6 Å². The second-order valence-electron chi connectivity index (χ2n) is 6.31. The monoisotopic (exact) mass is 332 g/mol. The molecule has 6 heteroatoms. The highest BCUT2D eigenvalue weighted by Crippen LogP contribution is 2.25. The van der Waals surface area contributed by atoms with Crippen LogP contribution in [0.25, 0.3) is 0 Å². The summed E-state index contributed by atoms with van der Waals surface area (Å²) < 4.78 is 5.18. The fourth-order valence-electron chi connectivity index (χ4n) is 1.99. The van der Waals surface area contributed by atoms with Gasteiger partial charge >= 0.3 is 0 Å². The van der Waals surface area contributed by atoms with Crippen molar-refractivity contribution in [2.75, 3.05) is 12.4 Å². The fourth-order valence-corrected chi connectivity index (χ4v) is 2.89. The summed E-state index contributed by atoms with van der Waals surface area (Å²) in [4.78, 5) is 8.99. The van der Waals surface area contributed by atoms with Crippen LogP contribution >= 0.6 is 11.3 Å². The van der Waals surface area contributed by atoms with Gasteiger partial charge in [0.05, 0.1) is 23.9 Å². The lowest BCUT2D eigenvalue weighted by Gasteiger charge is -2.13. The van der Waals surface area contributed by atoms with Gasteiger partial charge in [-0.3, -0.25) is 0 Å². The van der Waals surface area contributed by atoms with Gasteiger partial charge in [0.15, 0.2) is 5.96 Å². The summed E-state index contributed by atoms with van der Waals surface area (Å²) in [6, 6.07) is 7.87. The van der Waals surface area contributed by atoms with Crippen LogP contribution in [0.15, 0.2) is 34.6 Å². The number of nitrogens with zero attached hydrogens (tertiary/aromatic N) is 2. The number of thiazole rings is 1. The number of benzene rings is 1. The van der Waals surface area contributed by atoms with E-state index in [1.54, 1.807) is 18.4 Å². The van der Waals surface area contributed by atoms with Crippen molar-refractivity contribution in [3.8, 4) is 0 Å². The highest BCUT2D eigenvalue weighted by atomic mass is 32.1. The van der Waals surface area contributed by atoms with Crippen molar-refractivity contribution >= 4 is 23.0 Å². The minimum atomic E-state index is 0.0650. The third-order valence-electron chi connectivity index (χ3n) is 3.18. The van der Waals surface area contributed by atoms with Gasteiger partial charge in [-0.1, -0.05) is 39.0 Å². The third kappa shape index (κ3) is 5.04. The molecule has 0 aliphatic rings. The molecule has 0 amide bonds. The van der Waals surface area contributed by atoms with E-state index >= 15 is 0 Å². The van der Waals surface area contributed by atoms with Crippen molar-refractivity contribution in [2.45, 2.75) is 39.3 Å². The van der Waals surface area contributed by atoms with E-state index in [2.05, 4.69) is 36.1 Å². The summed E-state index contributed by atoms with van der Waals surface area (Å²) in [7, 11) is 1.67. The first-order chi connectivity index (χ1) is 10.9. The Morgan fingerprint density at radius 2 is 2.09 bits per heavy atom. The smallest absolute Gasteiger partial charge is 0.193 e. The zero-order chi connectivity index (χ0) is 16.9. The number of aromatic nitrogens is 1. The maximum atomic E-state index is 5.98. The Kier molecular flexibility index (Phi) is 5.74. The molecule has 0 atom stereocenters. The molecule has 1 aromatic carbocycles. The number of nitrogens with one attached hydrogen (secondary N) is 1. The van der Waals surface area contributed by atoms with Gasteiger partial charge in [-0.15, -0.1) is 11.3 Å². The molecule has 0 bridgehead atoms. The lowest BCUT2D eigenvalue weighted by atomic mass is 9.98. The molecular formula is C17H24N4OS. The van der Waals surface area contributed by atoms with E-state index in [1.165, 1.54) is 0 Å². The first-order valence-corrected chi connectivity index (χ1v) is 8.37. The molecule has 0 fully saturated rings. The van der Waals surface area contributed by atoms with Gasteiger partial charge in [-0.25, -0.2) is 9.98 Å². The standard InChI is InChI=1S/C17H24N4OS/c1-17(2,3)15-20-13(11-23-15)9-19-16(18)21-14-8-6-5-7-12(14)10-22-4/h5-8,11H,9-10H2,1-4H3,(H3,18,19,21). The maximum Gasteiger partial charge on any atom is 0.193 e. The van der Waals surface area contributed by atoms with Crippen LogP contribution in [0, 0.1) is 0 Å². The van der Waals surface area contributed by atoms with Gasteiger partial charge in [0, 0.05) is 29.2 Å². The minimum Gasteiger partial charge on any atom is -0.380 e. The molecule has 2 rings (SSSR count). The second kappa shape index (κ2) is 7.57. The number of para-hydroxylation sites is 1. The minimum absolute atomic E-state index is 0.0650. The topological polar surface area (TPSA) is 72.5 Å². The highest BCUT2D eigenvalue weighted by molar-refractivity contribution is 7.09. The van der Waals surface area contributed by atoms with Gasteiger partial charge in [-0.05, 0) is 6.07 Å². The maximum absolute atomic E-state index is 5.98. The molecule has 0 saturated carbocycles. The molecule has 3 N–H and O–H groups in total. The molecule has 124 valence electrons. The van der Waals surface area contributed by atoms with E-state index in [0.29, 0.717) is 19.1 Å². The molecule has 0 saturated heterocycles. The van der Waals surface area contributed by atoms with E-state index in [0.717, 1.165) is 22.0 Å². The Morgan fingerprint density at radius 3 is 2.74 bits per heavy atom. The number of hydrogen-bond donors (Lipinski definition) is 2. The predicted molar refractivity (Wildman–Crippen MR) is 96.9 cm³/mol. The second-order valence-corrected chi connectivity index (χ2v) is 7.17. The molecule has 5 nitrogen and oxygen atoms in total. The molecule has 0 aliphatic carbocycles. The number of anilines is 1. The SMILES string of the molecule is COCc1ccccc1NC(N)=NCc1csc(C(C)(C)C)n1. The first-order valence-electron chi connectivity index (χ1n) is 7.49. The van der Waals surface area contributed by atoms with E-state index < -0.39 is 0 Å². The van der Waals surface area contributed by atoms with Crippen molar-refractivity contribution < 1.29 is 4.74 Å². The highest BCUT2D eigenvalue weighted by Gasteiger charge is 2.17. The molecule has 0 unspecified atom stereocenters. The first kappa shape index (κ1) is 17.4.